The largest absolute Gasteiger partial charge is 0.504 e. The molecule has 0 amide bonds. The first-order chi connectivity index (χ1) is 16.0. The Bertz CT molecular complexity index is 1290. The number of rotatable bonds is 4. The average molecular weight is 464 g/mol. The maximum absolute atomic E-state index is 14.0. The number of fused-ring (bicyclic) bond motifs is 1. The van der Waals surface area contributed by atoms with E-state index in [1.807, 2.05) is 36.4 Å². The monoisotopic (exact) mass is 463 g/mol. The molecule has 0 radical (unpaired) electrons. The van der Waals surface area contributed by atoms with Gasteiger partial charge in [-0.05, 0) is 66.4 Å². The fraction of sp³-hybridized carbons (Fsp3) is 0.200. The number of hydrogen-bond donors (Lipinski definition) is 3. The Labute approximate surface area is 195 Å². The zero-order valence-electron chi connectivity index (χ0n) is 17.8. The number of pyridine rings is 2. The molecule has 5 rings (SSSR count). The van der Waals surface area contributed by atoms with Crippen LogP contribution in [0.1, 0.15) is 12.8 Å². The Kier molecular flexibility index (Phi) is 5.74. The van der Waals surface area contributed by atoms with Crippen LogP contribution in [0.4, 0.5) is 21.6 Å². The molecule has 168 valence electrons. The molecule has 6 nitrogen and oxygen atoms in total. The lowest BCUT2D eigenvalue weighted by atomic mass is 10.0. The summed E-state index contributed by atoms with van der Waals surface area (Å²) < 4.78 is 14.0. The van der Waals surface area contributed by atoms with Crippen LogP contribution in [0.2, 0.25) is 5.02 Å². The molecule has 1 unspecified atom stereocenters. The molecule has 1 saturated heterocycles. The minimum Gasteiger partial charge on any atom is -0.504 e. The number of anilines is 3. The Hall–Kier alpha value is -3.42. The lowest BCUT2D eigenvalue weighted by Gasteiger charge is -2.31. The summed E-state index contributed by atoms with van der Waals surface area (Å²) in [5.41, 5.74) is 9.91. The summed E-state index contributed by atoms with van der Waals surface area (Å²) in [5, 5.41) is 13.9. The molecule has 1 fully saturated rings. The quantitative estimate of drug-likeness (QED) is 0.372. The summed E-state index contributed by atoms with van der Waals surface area (Å²) in [7, 11) is 0. The minimum absolute atomic E-state index is 0.0320. The average Bonchev–Trinajstić information content (AvgIpc) is 2.83. The van der Waals surface area contributed by atoms with Crippen LogP contribution in [-0.2, 0) is 0 Å². The van der Waals surface area contributed by atoms with Gasteiger partial charge in [-0.2, -0.15) is 0 Å². The third-order valence-electron chi connectivity index (χ3n) is 5.90. The summed E-state index contributed by atoms with van der Waals surface area (Å²) >= 11 is 5.97. The number of aromatic nitrogens is 2. The molecule has 0 saturated carbocycles. The highest BCUT2D eigenvalue weighted by Gasteiger charge is 2.18. The fourth-order valence-corrected chi connectivity index (χ4v) is 4.40. The van der Waals surface area contributed by atoms with Crippen molar-refractivity contribution in [2.75, 3.05) is 23.3 Å². The van der Waals surface area contributed by atoms with Crippen LogP contribution < -0.4 is 16.0 Å². The van der Waals surface area contributed by atoms with Gasteiger partial charge < -0.3 is 21.1 Å². The second-order valence-corrected chi connectivity index (χ2v) is 8.66. The number of nitrogens with one attached hydrogen (secondary N) is 1. The Balaban J connectivity index is 1.44. The first-order valence-electron chi connectivity index (χ1n) is 10.8. The van der Waals surface area contributed by atoms with Gasteiger partial charge in [0.25, 0.3) is 0 Å². The van der Waals surface area contributed by atoms with E-state index in [0.717, 1.165) is 59.6 Å². The Morgan fingerprint density at radius 1 is 1.09 bits per heavy atom. The van der Waals surface area contributed by atoms with Crippen LogP contribution in [-0.4, -0.2) is 34.2 Å². The molecule has 1 aliphatic heterocycles. The first-order valence-corrected chi connectivity index (χ1v) is 11.2. The van der Waals surface area contributed by atoms with Gasteiger partial charge in [0.05, 0.1) is 22.4 Å². The number of nitrogens with zero attached hydrogens (tertiary/aromatic N) is 3. The van der Waals surface area contributed by atoms with Crippen molar-refractivity contribution in [3.63, 3.8) is 0 Å². The highest BCUT2D eigenvalue weighted by Crippen LogP contribution is 2.35. The van der Waals surface area contributed by atoms with Crippen LogP contribution in [0.25, 0.3) is 22.0 Å². The number of phenols is 1. The SMILES string of the molecule is NC1CCCN(c2ccc(Nc3ccnc4ccc(-c5cc(F)c(O)c(Cl)c5)cc34)cn2)C1. The Morgan fingerprint density at radius 2 is 1.97 bits per heavy atom. The molecule has 4 aromatic rings. The molecule has 1 aliphatic rings. The van der Waals surface area contributed by atoms with Crippen molar-refractivity contribution in [3.05, 3.63) is 71.8 Å². The van der Waals surface area contributed by atoms with Gasteiger partial charge in [0.2, 0.25) is 0 Å². The molecule has 3 heterocycles. The second-order valence-electron chi connectivity index (χ2n) is 8.26. The second kappa shape index (κ2) is 8.84. The van der Waals surface area contributed by atoms with E-state index in [4.69, 9.17) is 17.3 Å². The molecule has 0 spiro atoms. The van der Waals surface area contributed by atoms with Gasteiger partial charge in [0, 0.05) is 36.4 Å². The number of nitrogens with two attached hydrogens (primary N) is 1. The Morgan fingerprint density at radius 3 is 2.73 bits per heavy atom. The van der Waals surface area contributed by atoms with E-state index in [0.29, 0.717) is 5.56 Å². The molecular formula is C25H23ClFN5O. The molecule has 4 N–H and O–H groups in total. The van der Waals surface area contributed by atoms with Crippen molar-refractivity contribution in [3.8, 4) is 16.9 Å². The molecule has 0 bridgehead atoms. The van der Waals surface area contributed by atoms with Gasteiger partial charge in [0.1, 0.15) is 5.82 Å². The van der Waals surface area contributed by atoms with Gasteiger partial charge >= 0.3 is 0 Å². The van der Waals surface area contributed by atoms with Crippen LogP contribution in [0.5, 0.6) is 5.75 Å². The molecule has 8 heteroatoms. The summed E-state index contributed by atoms with van der Waals surface area (Å²) in [5.74, 6) is -0.389. The van der Waals surface area contributed by atoms with E-state index in [1.165, 1.54) is 6.07 Å². The first kappa shape index (κ1) is 21.4. The maximum atomic E-state index is 14.0. The fourth-order valence-electron chi connectivity index (χ4n) is 4.19. The summed E-state index contributed by atoms with van der Waals surface area (Å²) in [4.78, 5) is 11.3. The van der Waals surface area contributed by atoms with E-state index in [1.54, 1.807) is 18.5 Å². The molecule has 0 aliphatic carbocycles. The lowest BCUT2D eigenvalue weighted by molar-refractivity contribution is 0.433. The van der Waals surface area contributed by atoms with Gasteiger partial charge in [-0.3, -0.25) is 4.98 Å². The van der Waals surface area contributed by atoms with Crippen molar-refractivity contribution >= 4 is 39.7 Å². The number of hydrogen-bond acceptors (Lipinski definition) is 6. The van der Waals surface area contributed by atoms with Gasteiger partial charge in [-0.15, -0.1) is 0 Å². The van der Waals surface area contributed by atoms with E-state index < -0.39 is 11.6 Å². The van der Waals surface area contributed by atoms with Crippen molar-refractivity contribution in [2.45, 2.75) is 18.9 Å². The smallest absolute Gasteiger partial charge is 0.170 e. The number of piperidine rings is 1. The normalized spacial score (nSPS) is 16.2. The predicted octanol–water partition coefficient (Wildman–Crippen LogP) is 5.47. The van der Waals surface area contributed by atoms with E-state index in [-0.39, 0.29) is 11.1 Å². The van der Waals surface area contributed by atoms with Gasteiger partial charge in [-0.1, -0.05) is 17.7 Å². The molecular weight excluding hydrogens is 441 g/mol. The van der Waals surface area contributed by atoms with Crippen LogP contribution in [0, 0.1) is 5.82 Å². The maximum Gasteiger partial charge on any atom is 0.170 e. The standard InChI is InChI=1S/C25H23ClFN5O/c26-20-11-16(12-21(27)25(20)33)15-3-5-22-19(10-15)23(7-8-29-22)31-18-4-6-24(30-13-18)32-9-1-2-17(28)14-32/h3-8,10-13,17,33H,1-2,9,14,28H2,(H,29,31). The van der Waals surface area contributed by atoms with Gasteiger partial charge in [-0.25, -0.2) is 9.37 Å². The minimum atomic E-state index is -0.761. The van der Waals surface area contributed by atoms with Crippen molar-refractivity contribution in [2.24, 2.45) is 5.73 Å². The summed E-state index contributed by atoms with van der Waals surface area (Å²) in [6.45, 7) is 1.78. The lowest BCUT2D eigenvalue weighted by Crippen LogP contribution is -2.43. The van der Waals surface area contributed by atoms with Crippen LogP contribution in [0.15, 0.2) is 60.9 Å². The summed E-state index contributed by atoms with van der Waals surface area (Å²) in [6, 6.07) is 14.5. The highest BCUT2D eigenvalue weighted by atomic mass is 35.5. The molecule has 2 aromatic carbocycles. The summed E-state index contributed by atoms with van der Waals surface area (Å²) in [6.07, 6.45) is 5.67. The topological polar surface area (TPSA) is 87.3 Å². The third kappa shape index (κ3) is 4.42. The number of phenolic OH excluding ortho intramolecular Hbond substituents is 1. The predicted molar refractivity (Wildman–Crippen MR) is 131 cm³/mol. The number of aromatic hydroxyl groups is 1. The molecule has 33 heavy (non-hydrogen) atoms. The number of halogens is 2. The van der Waals surface area contributed by atoms with E-state index >= 15 is 0 Å². The van der Waals surface area contributed by atoms with Gasteiger partial charge in [0.15, 0.2) is 11.6 Å². The van der Waals surface area contributed by atoms with Crippen LogP contribution >= 0.6 is 11.6 Å². The van der Waals surface area contributed by atoms with E-state index in [9.17, 15) is 9.50 Å². The zero-order valence-corrected chi connectivity index (χ0v) is 18.6. The van der Waals surface area contributed by atoms with Crippen LogP contribution in [0.3, 0.4) is 0 Å². The third-order valence-corrected chi connectivity index (χ3v) is 6.19. The zero-order chi connectivity index (χ0) is 22.9. The molecule has 1 atom stereocenters. The highest BCUT2D eigenvalue weighted by molar-refractivity contribution is 6.32. The molecule has 2 aromatic heterocycles. The van der Waals surface area contributed by atoms with Crippen molar-refractivity contribution in [1.29, 1.82) is 0 Å². The van der Waals surface area contributed by atoms with E-state index in [2.05, 4.69) is 20.2 Å². The number of benzene rings is 2. The van der Waals surface area contributed by atoms with Crippen molar-refractivity contribution in [1.82, 2.24) is 9.97 Å². The van der Waals surface area contributed by atoms with Crippen molar-refractivity contribution < 1.29 is 9.50 Å².